The van der Waals surface area contributed by atoms with Crippen LogP contribution < -0.4 is 10.6 Å². The average Bonchev–Trinajstić information content (AvgIpc) is 2.89. The van der Waals surface area contributed by atoms with Crippen molar-refractivity contribution in [2.24, 2.45) is 5.41 Å². The van der Waals surface area contributed by atoms with E-state index in [9.17, 15) is 19.2 Å². The van der Waals surface area contributed by atoms with E-state index in [0.29, 0.717) is 5.69 Å². The molecule has 2 N–H and O–H groups in total. The first-order valence-electron chi connectivity index (χ1n) is 11.8. The van der Waals surface area contributed by atoms with Crippen molar-refractivity contribution in [3.63, 3.8) is 0 Å². The van der Waals surface area contributed by atoms with Crippen molar-refractivity contribution in [1.29, 1.82) is 0 Å². The Bertz CT molecular complexity index is 1340. The second-order valence-corrected chi connectivity index (χ2v) is 9.76. The number of esters is 2. The van der Waals surface area contributed by atoms with Crippen LogP contribution in [0.25, 0.3) is 11.1 Å². The van der Waals surface area contributed by atoms with Crippen LogP contribution in [0.15, 0.2) is 67.0 Å². The average molecular weight is 554 g/mol. The third-order valence-electron chi connectivity index (χ3n) is 5.09. The molecule has 3 aromatic rings. The van der Waals surface area contributed by atoms with Gasteiger partial charge in [-0.2, -0.15) is 0 Å². The minimum absolute atomic E-state index is 0.0468. The predicted molar refractivity (Wildman–Crippen MR) is 145 cm³/mol. The number of anilines is 2. The van der Waals surface area contributed by atoms with Crippen molar-refractivity contribution in [3.8, 4) is 11.1 Å². The van der Waals surface area contributed by atoms with Gasteiger partial charge in [-0.25, -0.2) is 4.79 Å². The molecule has 0 unspecified atom stereocenters. The second-order valence-electron chi connectivity index (χ2n) is 9.33. The molecule has 0 fully saturated rings. The summed E-state index contributed by atoms with van der Waals surface area (Å²) in [6, 6.07) is 15.2. The lowest BCUT2D eigenvalue weighted by atomic mass is 9.98. The molecule has 204 valence electrons. The van der Waals surface area contributed by atoms with Crippen LogP contribution in [0.5, 0.6) is 0 Å². The van der Waals surface area contributed by atoms with E-state index in [1.807, 2.05) is 30.3 Å². The molecule has 0 saturated carbocycles. The highest BCUT2D eigenvalue weighted by Crippen LogP contribution is 2.23. The maximum atomic E-state index is 12.5. The lowest BCUT2D eigenvalue weighted by molar-refractivity contribution is -0.161. The Hall–Kier alpha value is -4.28. The molecule has 0 radical (unpaired) electrons. The monoisotopic (exact) mass is 553 g/mol. The number of aromatic nitrogens is 1. The van der Waals surface area contributed by atoms with Gasteiger partial charge in [0.25, 0.3) is 0 Å². The smallest absolute Gasteiger partial charge is 0.343 e. The minimum Gasteiger partial charge on any atom is -0.427 e. The fourth-order valence-corrected chi connectivity index (χ4v) is 3.34. The Kier molecular flexibility index (Phi) is 10.1. The van der Waals surface area contributed by atoms with E-state index in [1.165, 1.54) is 18.2 Å². The number of ether oxygens (including phenoxy) is 3. The molecule has 39 heavy (non-hydrogen) atoms. The first-order valence-corrected chi connectivity index (χ1v) is 12.2. The molecule has 0 bridgehead atoms. The van der Waals surface area contributed by atoms with E-state index in [0.717, 1.165) is 11.1 Å². The topological polar surface area (TPSA) is 133 Å². The van der Waals surface area contributed by atoms with Crippen LogP contribution in [-0.4, -0.2) is 48.7 Å². The van der Waals surface area contributed by atoms with Gasteiger partial charge in [0.15, 0.2) is 0 Å². The van der Waals surface area contributed by atoms with E-state index < -0.39 is 42.6 Å². The summed E-state index contributed by atoms with van der Waals surface area (Å²) in [4.78, 5) is 53.0. The molecule has 0 aliphatic carbocycles. The standard InChI is InChI=1S/C28H28ClN3O7/c1-28(2,3)27(36)39-17-38-26(35)22-14-20(29)7-8-23(22)32-25(34)16-37-15-24(33)31-21-6-4-5-19(13-21)18-9-11-30-12-10-18/h4-14H,15-17H2,1-3H3,(H,31,33)(H,32,34). The minimum atomic E-state index is -0.858. The lowest BCUT2D eigenvalue weighted by Crippen LogP contribution is -2.26. The summed E-state index contributed by atoms with van der Waals surface area (Å²) in [6.07, 6.45) is 3.36. The molecule has 3 rings (SSSR count). The number of amides is 2. The van der Waals surface area contributed by atoms with Crippen LogP contribution >= 0.6 is 11.6 Å². The highest BCUT2D eigenvalue weighted by atomic mass is 35.5. The van der Waals surface area contributed by atoms with E-state index in [2.05, 4.69) is 15.6 Å². The molecule has 2 aromatic carbocycles. The van der Waals surface area contributed by atoms with Crippen molar-refractivity contribution in [1.82, 2.24) is 4.98 Å². The number of rotatable bonds is 10. The highest BCUT2D eigenvalue weighted by molar-refractivity contribution is 6.31. The number of hydrogen-bond acceptors (Lipinski definition) is 8. The molecule has 1 aromatic heterocycles. The van der Waals surface area contributed by atoms with Gasteiger partial charge in [0, 0.05) is 23.1 Å². The fraction of sp³-hybridized carbons (Fsp3) is 0.250. The Labute approximate surface area is 230 Å². The molecule has 0 saturated heterocycles. The molecular formula is C28H28ClN3O7. The molecule has 1 heterocycles. The van der Waals surface area contributed by atoms with Crippen LogP contribution in [0.3, 0.4) is 0 Å². The highest BCUT2D eigenvalue weighted by Gasteiger charge is 2.24. The number of nitrogens with one attached hydrogen (secondary N) is 2. The predicted octanol–water partition coefficient (Wildman–Crippen LogP) is 4.70. The van der Waals surface area contributed by atoms with Crippen molar-refractivity contribution >= 4 is 46.7 Å². The molecule has 0 aliphatic heterocycles. The van der Waals surface area contributed by atoms with E-state index >= 15 is 0 Å². The maximum Gasteiger partial charge on any atom is 0.343 e. The number of nitrogens with zero attached hydrogens (tertiary/aromatic N) is 1. The van der Waals surface area contributed by atoms with Crippen LogP contribution in [-0.2, 0) is 28.6 Å². The van der Waals surface area contributed by atoms with Crippen LogP contribution in [0.1, 0.15) is 31.1 Å². The lowest BCUT2D eigenvalue weighted by Gasteiger charge is -2.16. The molecule has 2 amide bonds. The summed E-state index contributed by atoms with van der Waals surface area (Å²) in [5.74, 6) is -2.46. The Morgan fingerprint density at radius 1 is 0.846 bits per heavy atom. The van der Waals surface area contributed by atoms with Crippen LogP contribution in [0, 0.1) is 5.41 Å². The Morgan fingerprint density at radius 3 is 2.23 bits per heavy atom. The van der Waals surface area contributed by atoms with Gasteiger partial charge in [-0.05, 0) is 74.4 Å². The zero-order chi connectivity index (χ0) is 28.4. The summed E-state index contributed by atoms with van der Waals surface area (Å²) in [5.41, 5.74) is 1.72. The summed E-state index contributed by atoms with van der Waals surface area (Å²) < 4.78 is 15.2. The van der Waals surface area contributed by atoms with Gasteiger partial charge in [0.2, 0.25) is 18.6 Å². The van der Waals surface area contributed by atoms with Gasteiger partial charge in [0.1, 0.15) is 13.2 Å². The first-order chi connectivity index (χ1) is 18.5. The van der Waals surface area contributed by atoms with E-state index in [-0.39, 0.29) is 22.9 Å². The number of pyridine rings is 1. The van der Waals surface area contributed by atoms with Crippen molar-refractivity contribution < 1.29 is 33.4 Å². The number of benzene rings is 2. The van der Waals surface area contributed by atoms with Crippen LogP contribution in [0.2, 0.25) is 5.02 Å². The Balaban J connectivity index is 1.49. The number of carbonyl (C=O) groups is 4. The first kappa shape index (κ1) is 29.3. The largest absolute Gasteiger partial charge is 0.427 e. The summed E-state index contributed by atoms with van der Waals surface area (Å²) >= 11 is 5.99. The molecular weight excluding hydrogens is 526 g/mol. The van der Waals surface area contributed by atoms with Gasteiger partial charge in [-0.3, -0.25) is 19.4 Å². The maximum absolute atomic E-state index is 12.5. The van der Waals surface area contributed by atoms with Crippen molar-refractivity contribution in [3.05, 3.63) is 77.6 Å². The summed E-state index contributed by atoms with van der Waals surface area (Å²) in [7, 11) is 0. The third kappa shape index (κ3) is 9.20. The zero-order valence-corrected chi connectivity index (χ0v) is 22.4. The van der Waals surface area contributed by atoms with Crippen LogP contribution in [0.4, 0.5) is 11.4 Å². The zero-order valence-electron chi connectivity index (χ0n) is 21.7. The van der Waals surface area contributed by atoms with E-state index in [1.54, 1.807) is 39.2 Å². The quantitative estimate of drug-likeness (QED) is 0.273. The second kappa shape index (κ2) is 13.5. The van der Waals surface area contributed by atoms with Gasteiger partial charge in [0.05, 0.1) is 16.7 Å². The summed E-state index contributed by atoms with van der Waals surface area (Å²) in [6.45, 7) is 3.56. The summed E-state index contributed by atoms with van der Waals surface area (Å²) in [5, 5.41) is 5.47. The third-order valence-corrected chi connectivity index (χ3v) is 5.33. The fourth-order valence-electron chi connectivity index (χ4n) is 3.17. The number of halogens is 1. The molecule has 0 spiro atoms. The SMILES string of the molecule is CC(C)(C)C(=O)OCOC(=O)c1cc(Cl)ccc1NC(=O)COCC(=O)Nc1cccc(-c2ccncc2)c1. The number of hydrogen-bond donors (Lipinski definition) is 2. The molecule has 10 nitrogen and oxygen atoms in total. The molecule has 0 atom stereocenters. The van der Waals surface area contributed by atoms with Gasteiger partial charge >= 0.3 is 11.9 Å². The molecule has 0 aliphatic rings. The van der Waals surface area contributed by atoms with E-state index in [4.69, 9.17) is 25.8 Å². The van der Waals surface area contributed by atoms with Gasteiger partial charge in [-0.1, -0.05) is 23.7 Å². The van der Waals surface area contributed by atoms with Crippen molar-refractivity contribution in [2.45, 2.75) is 20.8 Å². The van der Waals surface area contributed by atoms with Crippen molar-refractivity contribution in [2.75, 3.05) is 30.6 Å². The normalized spacial score (nSPS) is 10.9. The molecule has 11 heteroatoms. The Morgan fingerprint density at radius 2 is 1.54 bits per heavy atom. The van der Waals surface area contributed by atoms with Gasteiger partial charge < -0.3 is 24.8 Å². The van der Waals surface area contributed by atoms with Gasteiger partial charge in [-0.15, -0.1) is 0 Å². The number of carbonyl (C=O) groups excluding carboxylic acids is 4.